The molecule has 0 radical (unpaired) electrons. The zero-order chi connectivity index (χ0) is 5.15. The monoisotopic (exact) mass is 292 g/mol. The molecule has 0 aromatic heterocycles. The topological polar surface area (TPSA) is 57.5 Å². The number of hydrogen-bond acceptors (Lipinski definition) is 2. The minimum absolute atomic E-state index is 0. The van der Waals surface area contributed by atoms with Gasteiger partial charge in [0.15, 0.2) is 0 Å². The third-order valence-electron chi connectivity index (χ3n) is 0.357. The maximum Gasteiger partial charge on any atom is 0.332 e. The first-order chi connectivity index (χ1) is 2.64. The number of aliphatic hydroxyl groups excluding tert-OH is 1. The first-order valence-corrected chi connectivity index (χ1v) is 1.55. The molecule has 1 unspecified atom stereocenters. The molecule has 0 saturated heterocycles. The minimum atomic E-state index is -1.23. The van der Waals surface area contributed by atoms with E-state index in [1.807, 2.05) is 0 Å². The Labute approximate surface area is 61.9 Å². The second-order valence-electron chi connectivity index (χ2n) is 1.01. The molecule has 0 saturated carbocycles. The molecule has 0 spiro atoms. The number of carboxylic acid groups (broad SMARTS) is 1. The van der Waals surface area contributed by atoms with Crippen LogP contribution >= 0.6 is 0 Å². The molecule has 0 aliphatic heterocycles. The fraction of sp³-hybridized carbons (Fsp3) is 0.667. The van der Waals surface area contributed by atoms with Gasteiger partial charge in [0.1, 0.15) is 6.10 Å². The van der Waals surface area contributed by atoms with Crippen LogP contribution in [0.25, 0.3) is 0 Å². The van der Waals surface area contributed by atoms with Crippen LogP contribution in [0.3, 0.4) is 0 Å². The van der Waals surface area contributed by atoms with Crippen molar-refractivity contribution < 1.29 is 42.7 Å². The Hall–Kier alpha value is 0.365. The van der Waals surface area contributed by atoms with E-state index in [-0.39, 0.29) is 27.7 Å². The maximum absolute atomic E-state index is 9.45. The van der Waals surface area contributed by atoms with Crippen LogP contribution < -0.4 is 0 Å². The van der Waals surface area contributed by atoms with E-state index in [9.17, 15) is 4.79 Å². The largest absolute Gasteiger partial charge is 0.479 e. The van der Waals surface area contributed by atoms with E-state index in [0.29, 0.717) is 0 Å². The summed E-state index contributed by atoms with van der Waals surface area (Å²) in [6.07, 6.45) is -1.23. The van der Waals surface area contributed by atoms with E-state index >= 15 is 0 Å². The molecular weight excluding hydrogens is 285 g/mol. The number of hydrogen-bond donors (Lipinski definition) is 2. The Morgan fingerprint density at radius 2 is 1.86 bits per heavy atom. The first-order valence-electron chi connectivity index (χ1n) is 1.55. The summed E-state index contributed by atoms with van der Waals surface area (Å²) in [6, 6.07) is 0. The molecule has 0 aromatic rings. The van der Waals surface area contributed by atoms with E-state index in [1.54, 1.807) is 0 Å². The maximum atomic E-state index is 9.45. The van der Waals surface area contributed by atoms with Gasteiger partial charge in [0.2, 0.25) is 0 Å². The van der Waals surface area contributed by atoms with Crippen molar-refractivity contribution in [1.29, 1.82) is 0 Å². The van der Waals surface area contributed by atoms with Gasteiger partial charge in [0.05, 0.1) is 0 Å². The van der Waals surface area contributed by atoms with Crippen molar-refractivity contribution in [2.45, 2.75) is 13.0 Å². The van der Waals surface area contributed by atoms with Gasteiger partial charge in [-0.05, 0) is 6.92 Å². The van der Waals surface area contributed by atoms with Gasteiger partial charge < -0.3 is 10.2 Å². The van der Waals surface area contributed by atoms with Crippen molar-refractivity contribution in [2.24, 2.45) is 0 Å². The van der Waals surface area contributed by atoms with Crippen molar-refractivity contribution in [3.63, 3.8) is 0 Å². The molecule has 2 N–H and O–H groups in total. The van der Waals surface area contributed by atoms with Crippen molar-refractivity contribution in [3.8, 4) is 0 Å². The Kier molecular flexibility index (Phi) is 6.70. The van der Waals surface area contributed by atoms with Gasteiger partial charge in [0.25, 0.3) is 0 Å². The van der Waals surface area contributed by atoms with Crippen molar-refractivity contribution in [1.82, 2.24) is 0 Å². The fourth-order valence-corrected chi connectivity index (χ4v) is 0. The quantitative estimate of drug-likeness (QED) is 0.637. The van der Waals surface area contributed by atoms with E-state index in [2.05, 4.69) is 0 Å². The van der Waals surface area contributed by atoms with Crippen LogP contribution in [0.4, 0.5) is 0 Å². The van der Waals surface area contributed by atoms with Crippen LogP contribution in [-0.2, 0) is 32.5 Å². The minimum Gasteiger partial charge on any atom is -0.479 e. The summed E-state index contributed by atoms with van der Waals surface area (Å²) in [4.78, 5) is 9.45. The SMILES string of the molecule is CC(O)C(=O)O.[Hg]. The summed E-state index contributed by atoms with van der Waals surface area (Å²) < 4.78 is 0. The summed E-state index contributed by atoms with van der Waals surface area (Å²) in [5.74, 6) is -1.19. The molecular formula is C3H6HgO3. The second-order valence-corrected chi connectivity index (χ2v) is 1.01. The summed E-state index contributed by atoms with van der Waals surface area (Å²) in [5.41, 5.74) is 0. The molecule has 0 heterocycles. The Morgan fingerprint density at radius 1 is 1.71 bits per heavy atom. The molecule has 0 rings (SSSR count). The van der Waals surface area contributed by atoms with Crippen LogP contribution in [0, 0.1) is 0 Å². The third kappa shape index (κ3) is 6.37. The van der Waals surface area contributed by atoms with E-state index in [4.69, 9.17) is 10.2 Å². The van der Waals surface area contributed by atoms with Crippen LogP contribution in [0.2, 0.25) is 0 Å². The summed E-state index contributed by atoms with van der Waals surface area (Å²) in [7, 11) is 0. The molecule has 0 fully saturated rings. The van der Waals surface area contributed by atoms with Gasteiger partial charge in [-0.15, -0.1) is 0 Å². The second kappa shape index (κ2) is 4.52. The zero-order valence-electron chi connectivity index (χ0n) is 4.09. The fourth-order valence-electron chi connectivity index (χ4n) is 0. The number of carbonyl (C=O) groups is 1. The molecule has 0 aromatic carbocycles. The van der Waals surface area contributed by atoms with Gasteiger partial charge in [-0.3, -0.25) is 0 Å². The predicted octanol–water partition coefficient (Wildman–Crippen LogP) is -0.551. The molecule has 38 valence electrons. The standard InChI is InChI=1S/C3H6O3.Hg/c1-2(4)3(5)6;/h2,4H,1H3,(H,5,6);. The summed E-state index contributed by atoms with van der Waals surface area (Å²) >= 11 is 0. The Morgan fingerprint density at radius 3 is 1.86 bits per heavy atom. The van der Waals surface area contributed by atoms with Gasteiger partial charge in [-0.25, -0.2) is 4.79 Å². The number of carboxylic acids is 1. The molecule has 7 heavy (non-hydrogen) atoms. The Bertz CT molecular complexity index is 61.2. The Balaban J connectivity index is 0. The van der Waals surface area contributed by atoms with Gasteiger partial charge in [-0.1, -0.05) is 0 Å². The van der Waals surface area contributed by atoms with Crippen molar-refractivity contribution in [3.05, 3.63) is 0 Å². The first kappa shape index (κ1) is 10.4. The van der Waals surface area contributed by atoms with Crippen LogP contribution in [-0.4, -0.2) is 22.3 Å². The molecule has 0 aliphatic carbocycles. The molecule has 0 bridgehead atoms. The van der Waals surface area contributed by atoms with Crippen molar-refractivity contribution >= 4 is 5.97 Å². The van der Waals surface area contributed by atoms with Crippen molar-refractivity contribution in [2.75, 3.05) is 0 Å². The van der Waals surface area contributed by atoms with Gasteiger partial charge >= 0.3 is 5.97 Å². The van der Waals surface area contributed by atoms with E-state index in [1.165, 1.54) is 6.92 Å². The molecule has 1 atom stereocenters. The average molecular weight is 291 g/mol. The molecule has 0 amide bonds. The van der Waals surface area contributed by atoms with E-state index < -0.39 is 12.1 Å². The average Bonchev–Trinajstić information content (AvgIpc) is 1.36. The third-order valence-corrected chi connectivity index (χ3v) is 0.357. The molecule has 4 heteroatoms. The number of rotatable bonds is 1. The van der Waals surface area contributed by atoms with Gasteiger partial charge in [-0.2, -0.15) is 0 Å². The van der Waals surface area contributed by atoms with Crippen LogP contribution in [0.5, 0.6) is 0 Å². The van der Waals surface area contributed by atoms with Gasteiger partial charge in [0, 0.05) is 27.7 Å². The molecule has 0 aliphatic rings. The predicted molar refractivity (Wildman–Crippen MR) is 19.3 cm³/mol. The van der Waals surface area contributed by atoms with Crippen LogP contribution in [0.15, 0.2) is 0 Å². The number of aliphatic carboxylic acids is 1. The summed E-state index contributed by atoms with van der Waals surface area (Å²) in [6.45, 7) is 1.20. The number of aliphatic hydroxyl groups is 1. The summed E-state index contributed by atoms with van der Waals surface area (Å²) in [5, 5.41) is 15.8. The smallest absolute Gasteiger partial charge is 0.332 e. The van der Waals surface area contributed by atoms with E-state index in [0.717, 1.165) is 0 Å². The normalized spacial score (nSPS) is 11.7. The molecule has 3 nitrogen and oxygen atoms in total. The van der Waals surface area contributed by atoms with Crippen LogP contribution in [0.1, 0.15) is 6.92 Å². The zero-order valence-corrected chi connectivity index (χ0v) is 9.58.